The van der Waals surface area contributed by atoms with Crippen LogP contribution in [0.5, 0.6) is 5.75 Å². The lowest BCUT2D eigenvalue weighted by atomic mass is 9.43. The summed E-state index contributed by atoms with van der Waals surface area (Å²) < 4.78 is 19.1. The van der Waals surface area contributed by atoms with Crippen molar-refractivity contribution >= 4 is 24.6 Å². The molecular formula is C38H49BN4O6. The predicted molar refractivity (Wildman–Crippen MR) is 187 cm³/mol. The van der Waals surface area contributed by atoms with Gasteiger partial charge in [-0.3, -0.25) is 9.59 Å². The molecule has 0 aromatic heterocycles. The van der Waals surface area contributed by atoms with Gasteiger partial charge in [-0.25, -0.2) is 0 Å². The van der Waals surface area contributed by atoms with Crippen LogP contribution in [-0.4, -0.2) is 60.5 Å². The van der Waals surface area contributed by atoms with Gasteiger partial charge in [0, 0.05) is 18.4 Å². The van der Waals surface area contributed by atoms with E-state index in [1.54, 1.807) is 12.1 Å². The maximum Gasteiger partial charge on any atom is 0.481 e. The lowest BCUT2D eigenvalue weighted by Gasteiger charge is -2.64. The third-order valence-corrected chi connectivity index (χ3v) is 11.1. The van der Waals surface area contributed by atoms with E-state index in [0.29, 0.717) is 41.7 Å². The standard InChI is InChI=1S/C38H49BN4O6/c1-23(2)15-33(39-47-32-18-28-17-31(36(28,5)6)37(32,7)48-39)42-35(45)38(19-25-11-9-8-10-12-25)20-29(43-49-38)22-41-34(44)26-13-14-30(46-24(3)4)27(16-26)21-40/h8-14,16,23-24,28,31-33H,15,17-20,22H2,1-7H3,(H,41,44)(H,42,45)/t28-,31-,32+,33-,37-,38?/m0/s1. The minimum absolute atomic E-state index is 0.00331. The van der Waals surface area contributed by atoms with Gasteiger partial charge in [0.15, 0.2) is 0 Å². The number of hydrogen-bond donors (Lipinski definition) is 2. The van der Waals surface area contributed by atoms with Crippen molar-refractivity contribution in [2.24, 2.45) is 28.3 Å². The zero-order chi connectivity index (χ0) is 35.1. The van der Waals surface area contributed by atoms with Gasteiger partial charge in [0.05, 0.1) is 41.6 Å². The van der Waals surface area contributed by atoms with Gasteiger partial charge >= 0.3 is 7.12 Å². The van der Waals surface area contributed by atoms with E-state index in [1.807, 2.05) is 44.2 Å². The van der Waals surface area contributed by atoms with Crippen LogP contribution in [0.15, 0.2) is 53.7 Å². The first-order valence-corrected chi connectivity index (χ1v) is 17.6. The van der Waals surface area contributed by atoms with E-state index in [-0.39, 0.29) is 59.8 Å². The number of ether oxygens (including phenoxy) is 1. The molecule has 260 valence electrons. The Morgan fingerprint density at radius 3 is 2.53 bits per heavy atom. The number of benzene rings is 2. The Kier molecular flexibility index (Phi) is 9.59. The number of nitriles is 1. The van der Waals surface area contributed by atoms with Crippen LogP contribution in [0.1, 0.15) is 95.6 Å². The molecule has 4 fully saturated rings. The fraction of sp³-hybridized carbons (Fsp3) is 0.579. The number of carbonyl (C=O) groups is 2. The molecule has 7 rings (SSSR count). The highest BCUT2D eigenvalue weighted by Gasteiger charge is 2.68. The highest BCUT2D eigenvalue weighted by Crippen LogP contribution is 2.65. The Labute approximate surface area is 290 Å². The Bertz CT molecular complexity index is 1640. The molecule has 5 aliphatic rings. The highest BCUT2D eigenvalue weighted by molar-refractivity contribution is 6.48. The van der Waals surface area contributed by atoms with Crippen LogP contribution in [0.3, 0.4) is 0 Å². The van der Waals surface area contributed by atoms with E-state index >= 15 is 0 Å². The van der Waals surface area contributed by atoms with Crippen LogP contribution in [0, 0.1) is 34.5 Å². The summed E-state index contributed by atoms with van der Waals surface area (Å²) in [5.41, 5.74) is 0.571. The van der Waals surface area contributed by atoms with Crippen molar-refractivity contribution in [1.29, 1.82) is 5.26 Å². The zero-order valence-corrected chi connectivity index (χ0v) is 29.7. The van der Waals surface area contributed by atoms with E-state index < -0.39 is 18.3 Å². The predicted octanol–water partition coefficient (Wildman–Crippen LogP) is 5.63. The van der Waals surface area contributed by atoms with Gasteiger partial charge in [0.25, 0.3) is 11.8 Å². The number of nitrogens with zero attached hydrogens (tertiary/aromatic N) is 2. The minimum atomic E-state index is -1.32. The Morgan fingerprint density at radius 1 is 1.10 bits per heavy atom. The van der Waals surface area contributed by atoms with Crippen molar-refractivity contribution in [2.75, 3.05) is 6.54 Å². The summed E-state index contributed by atoms with van der Waals surface area (Å²) in [6.45, 7) is 14.9. The van der Waals surface area contributed by atoms with Gasteiger partial charge in [-0.1, -0.05) is 63.2 Å². The second-order valence-corrected chi connectivity index (χ2v) is 15.8. The van der Waals surface area contributed by atoms with Gasteiger partial charge in [-0.05, 0) is 87.0 Å². The first-order valence-electron chi connectivity index (χ1n) is 17.6. The summed E-state index contributed by atoms with van der Waals surface area (Å²) in [5.74, 6) is 0.703. The van der Waals surface area contributed by atoms with E-state index in [9.17, 15) is 14.9 Å². The summed E-state index contributed by atoms with van der Waals surface area (Å²) in [6.07, 6.45) is 3.18. The van der Waals surface area contributed by atoms with Gasteiger partial charge in [-0.15, -0.1) is 0 Å². The van der Waals surface area contributed by atoms with Crippen molar-refractivity contribution < 1.29 is 28.5 Å². The summed E-state index contributed by atoms with van der Waals surface area (Å²) in [5, 5.41) is 20.1. The fourth-order valence-corrected chi connectivity index (χ4v) is 8.38. The molecule has 2 aliphatic heterocycles. The van der Waals surface area contributed by atoms with E-state index in [4.69, 9.17) is 18.9 Å². The molecule has 2 amide bonds. The zero-order valence-electron chi connectivity index (χ0n) is 29.7. The molecule has 6 atom stereocenters. The molecule has 2 N–H and O–H groups in total. The molecule has 1 unspecified atom stereocenters. The molecular weight excluding hydrogens is 619 g/mol. The van der Waals surface area contributed by atoms with Crippen molar-refractivity contribution in [2.45, 2.75) is 110 Å². The number of carbonyl (C=O) groups excluding carboxylic acids is 2. The van der Waals surface area contributed by atoms with Crippen molar-refractivity contribution in [3.8, 4) is 11.8 Å². The highest BCUT2D eigenvalue weighted by atomic mass is 16.7. The molecule has 3 aliphatic carbocycles. The van der Waals surface area contributed by atoms with Crippen LogP contribution >= 0.6 is 0 Å². The van der Waals surface area contributed by atoms with Crippen molar-refractivity contribution in [3.05, 3.63) is 65.2 Å². The summed E-state index contributed by atoms with van der Waals surface area (Å²) in [4.78, 5) is 33.6. The average molecular weight is 669 g/mol. The molecule has 10 nitrogen and oxygen atoms in total. The summed E-state index contributed by atoms with van der Waals surface area (Å²) in [6, 6.07) is 16.6. The molecule has 2 bridgehead atoms. The Hall–Kier alpha value is -3.88. The Morgan fingerprint density at radius 2 is 1.86 bits per heavy atom. The molecule has 3 saturated carbocycles. The van der Waals surface area contributed by atoms with Gasteiger partial charge in [0.1, 0.15) is 11.8 Å². The molecule has 2 aromatic rings. The molecule has 0 radical (unpaired) electrons. The largest absolute Gasteiger partial charge is 0.490 e. The number of oxime groups is 1. The first kappa shape index (κ1) is 35.0. The topological polar surface area (TPSA) is 131 Å². The van der Waals surface area contributed by atoms with Gasteiger partial charge in [-0.2, -0.15) is 5.26 Å². The lowest BCUT2D eigenvalue weighted by Crippen LogP contribution is -2.65. The van der Waals surface area contributed by atoms with Gasteiger partial charge < -0.3 is 29.5 Å². The number of amides is 2. The smallest absolute Gasteiger partial charge is 0.481 e. The van der Waals surface area contributed by atoms with E-state index in [1.165, 1.54) is 6.07 Å². The fourth-order valence-electron chi connectivity index (χ4n) is 8.38. The van der Waals surface area contributed by atoms with E-state index in [0.717, 1.165) is 18.4 Å². The molecule has 2 heterocycles. The minimum Gasteiger partial charge on any atom is -0.490 e. The normalized spacial score (nSPS) is 28.5. The number of nitrogens with one attached hydrogen (secondary N) is 2. The molecule has 0 spiro atoms. The SMILES string of the molecule is CC(C)C[C@H](NC(=O)C1(Cc2ccccc2)CC(CNC(=O)c2ccc(OC(C)C)c(C#N)c2)=NO1)B1O[C@@H]2C[C@@H]3C[C@@H](C3(C)C)[C@]2(C)O1. The number of rotatable bonds is 12. The average Bonchev–Trinajstić information content (AvgIpc) is 3.64. The third kappa shape index (κ3) is 6.82. The first-order chi connectivity index (χ1) is 23.2. The Balaban J connectivity index is 1.16. The summed E-state index contributed by atoms with van der Waals surface area (Å²) in [7, 11) is -0.568. The quantitative estimate of drug-likeness (QED) is 0.280. The second-order valence-electron chi connectivity index (χ2n) is 15.8. The molecule has 1 saturated heterocycles. The summed E-state index contributed by atoms with van der Waals surface area (Å²) >= 11 is 0. The second kappa shape index (κ2) is 13.4. The van der Waals surface area contributed by atoms with Crippen LogP contribution < -0.4 is 15.4 Å². The van der Waals surface area contributed by atoms with Gasteiger partial charge in [0.2, 0.25) is 5.60 Å². The lowest BCUT2D eigenvalue weighted by molar-refractivity contribution is -0.199. The monoisotopic (exact) mass is 668 g/mol. The third-order valence-electron chi connectivity index (χ3n) is 11.1. The molecule has 2 aromatic carbocycles. The maximum absolute atomic E-state index is 14.4. The van der Waals surface area contributed by atoms with Crippen LogP contribution in [0.4, 0.5) is 0 Å². The van der Waals surface area contributed by atoms with Crippen LogP contribution in [0.2, 0.25) is 0 Å². The van der Waals surface area contributed by atoms with Crippen molar-refractivity contribution in [3.63, 3.8) is 0 Å². The molecule has 49 heavy (non-hydrogen) atoms. The van der Waals surface area contributed by atoms with Crippen molar-refractivity contribution in [1.82, 2.24) is 10.6 Å². The maximum atomic E-state index is 14.4. The number of hydrogen-bond acceptors (Lipinski definition) is 8. The van der Waals surface area contributed by atoms with Crippen LogP contribution in [0.25, 0.3) is 0 Å². The molecule has 11 heteroatoms. The van der Waals surface area contributed by atoms with E-state index in [2.05, 4.69) is 56.5 Å². The van der Waals surface area contributed by atoms with Crippen LogP contribution in [-0.2, 0) is 25.4 Å².